The molecule has 0 heterocycles. The van der Waals surface area contributed by atoms with Gasteiger partial charge in [0, 0.05) is 41.6 Å². The number of hydrogen-bond donors (Lipinski definition) is 3. The zero-order valence-corrected chi connectivity index (χ0v) is 40.0. The molecule has 3 saturated carbocycles. The van der Waals surface area contributed by atoms with Crippen molar-refractivity contribution in [2.45, 2.75) is 213 Å². The highest BCUT2D eigenvalue weighted by Crippen LogP contribution is 2.67. The highest BCUT2D eigenvalue weighted by Gasteiger charge is 2.58. The van der Waals surface area contributed by atoms with Crippen molar-refractivity contribution in [1.82, 2.24) is 10.2 Å². The van der Waals surface area contributed by atoms with Crippen LogP contribution in [-0.2, 0) is 4.79 Å². The molecule has 4 rings (SSSR count). The Hall–Kier alpha value is -0.210. The summed E-state index contributed by atoms with van der Waals surface area (Å²) >= 11 is 0. The first kappa shape index (κ1) is 48.5. The predicted octanol–water partition coefficient (Wildman–Crippen LogP) is 12.6. The molecule has 56 heavy (non-hydrogen) atoms. The first-order valence-electron chi connectivity index (χ1n) is 24.2. The fraction of sp³-hybridized carbons (Fsp3) is 0.939. The zero-order valence-electron chi connectivity index (χ0n) is 38.3. The fourth-order valence-electron chi connectivity index (χ4n) is 12.3. The van der Waals surface area contributed by atoms with E-state index in [0.29, 0.717) is 28.4 Å². The SMILES string of the molecule is CCC(CCCC1CCC2C3CC=C4CC(SSCCC(=O)N(CCCCNCCC(N)(CC)CC)CCC(N)(CC)CC)CCC4(C)C3CCC12C)C(C)C. The fourth-order valence-corrected chi connectivity index (χ4v) is 14.9. The molecule has 8 atom stereocenters. The van der Waals surface area contributed by atoms with Crippen LogP contribution in [-0.4, -0.2) is 59.1 Å². The Morgan fingerprint density at radius 3 is 2.29 bits per heavy atom. The van der Waals surface area contributed by atoms with Gasteiger partial charge in [0.2, 0.25) is 5.91 Å². The molecule has 0 aromatic rings. The molecule has 3 fully saturated rings. The smallest absolute Gasteiger partial charge is 0.223 e. The number of unbranched alkanes of at least 4 members (excludes halogenated alkanes) is 1. The first-order chi connectivity index (χ1) is 26.7. The van der Waals surface area contributed by atoms with E-state index < -0.39 is 0 Å². The normalized spacial score (nSPS) is 29.8. The minimum atomic E-state index is -0.177. The van der Waals surface area contributed by atoms with Gasteiger partial charge in [0.05, 0.1) is 0 Å². The van der Waals surface area contributed by atoms with E-state index in [4.69, 9.17) is 11.5 Å². The molecule has 4 aliphatic carbocycles. The van der Waals surface area contributed by atoms with Crippen molar-refractivity contribution in [1.29, 1.82) is 0 Å². The summed E-state index contributed by atoms with van der Waals surface area (Å²) in [5.41, 5.74) is 15.8. The summed E-state index contributed by atoms with van der Waals surface area (Å²) in [6.45, 7) is 25.0. The Morgan fingerprint density at radius 1 is 0.893 bits per heavy atom. The van der Waals surface area contributed by atoms with E-state index in [1.807, 2.05) is 10.8 Å². The van der Waals surface area contributed by atoms with Crippen molar-refractivity contribution < 1.29 is 4.79 Å². The average Bonchev–Trinajstić information content (AvgIpc) is 3.54. The number of fused-ring (bicyclic) bond motifs is 5. The van der Waals surface area contributed by atoms with Gasteiger partial charge < -0.3 is 21.7 Å². The Labute approximate surface area is 355 Å². The number of nitrogens with zero attached hydrogens (tertiary/aromatic N) is 1. The lowest BCUT2D eigenvalue weighted by atomic mass is 9.47. The van der Waals surface area contributed by atoms with E-state index in [0.717, 1.165) is 119 Å². The van der Waals surface area contributed by atoms with Crippen LogP contribution < -0.4 is 16.8 Å². The number of rotatable bonds is 26. The van der Waals surface area contributed by atoms with Crippen molar-refractivity contribution in [3.05, 3.63) is 11.6 Å². The molecule has 5 N–H and O–H groups in total. The second-order valence-corrected chi connectivity index (χ2v) is 23.2. The molecular formula is C49H92N4OS2. The van der Waals surface area contributed by atoms with Crippen LogP contribution in [0.4, 0.5) is 0 Å². The molecule has 0 aromatic carbocycles. The van der Waals surface area contributed by atoms with Gasteiger partial charge in [-0.3, -0.25) is 4.79 Å². The number of amides is 1. The van der Waals surface area contributed by atoms with Crippen molar-refractivity contribution in [2.75, 3.05) is 31.9 Å². The van der Waals surface area contributed by atoms with E-state index in [1.54, 1.807) is 5.57 Å². The quantitative estimate of drug-likeness (QED) is 0.0458. The number of nitrogens with two attached hydrogens (primary N) is 2. The van der Waals surface area contributed by atoms with Gasteiger partial charge in [-0.25, -0.2) is 0 Å². The van der Waals surface area contributed by atoms with Crippen LogP contribution in [0.2, 0.25) is 0 Å². The second kappa shape index (κ2) is 22.6. The van der Waals surface area contributed by atoms with Gasteiger partial charge in [-0.15, -0.1) is 0 Å². The molecule has 0 spiro atoms. The lowest BCUT2D eigenvalue weighted by Gasteiger charge is -2.58. The largest absolute Gasteiger partial charge is 0.343 e. The summed E-state index contributed by atoms with van der Waals surface area (Å²) in [4.78, 5) is 15.8. The third-order valence-electron chi connectivity index (χ3n) is 17.3. The molecule has 0 saturated heterocycles. The van der Waals surface area contributed by atoms with Gasteiger partial charge >= 0.3 is 0 Å². The topological polar surface area (TPSA) is 84.4 Å². The zero-order chi connectivity index (χ0) is 41.0. The van der Waals surface area contributed by atoms with Crippen LogP contribution in [0.15, 0.2) is 11.6 Å². The Balaban J connectivity index is 1.22. The molecular weight excluding hydrogens is 725 g/mol. The number of carbonyl (C=O) groups is 1. The summed E-state index contributed by atoms with van der Waals surface area (Å²) in [5, 5.41) is 4.29. The molecule has 1 amide bonds. The van der Waals surface area contributed by atoms with Crippen molar-refractivity contribution >= 4 is 27.5 Å². The van der Waals surface area contributed by atoms with Gasteiger partial charge in [0.25, 0.3) is 0 Å². The maximum atomic E-state index is 13.7. The minimum absolute atomic E-state index is 0.0447. The Morgan fingerprint density at radius 2 is 1.61 bits per heavy atom. The molecule has 7 heteroatoms. The van der Waals surface area contributed by atoms with Crippen LogP contribution in [0, 0.1) is 46.3 Å². The first-order valence-corrected chi connectivity index (χ1v) is 26.6. The molecule has 326 valence electrons. The Kier molecular flexibility index (Phi) is 19.5. The standard InChI is InChI=1S/C49H92N4OS2/c1-10-38(37(6)7)18-17-19-39-21-23-43-42-22-20-40-36-41(24-27-47(40,9)44(42)25-28-46(39,43)8)56-55-35-26-45(54)53(34-30-49(51,13-4)14-5)33-16-15-31-52-32-29-48(50,11-2)12-3/h20,37-39,41-44,52H,10-19,21-36,50-51H2,1-9H3. The summed E-state index contributed by atoms with van der Waals surface area (Å²) in [6.07, 6.45) is 28.3. The van der Waals surface area contributed by atoms with E-state index in [9.17, 15) is 4.79 Å². The van der Waals surface area contributed by atoms with Crippen molar-refractivity contribution in [2.24, 2.45) is 57.8 Å². The summed E-state index contributed by atoms with van der Waals surface area (Å²) in [6, 6.07) is 0. The van der Waals surface area contributed by atoms with Crippen LogP contribution in [0.25, 0.3) is 0 Å². The maximum Gasteiger partial charge on any atom is 0.223 e. The molecule has 5 nitrogen and oxygen atoms in total. The van der Waals surface area contributed by atoms with Crippen LogP contribution in [0.1, 0.15) is 197 Å². The number of nitrogens with one attached hydrogen (secondary N) is 1. The van der Waals surface area contributed by atoms with Crippen molar-refractivity contribution in [3.63, 3.8) is 0 Å². The van der Waals surface area contributed by atoms with E-state index >= 15 is 0 Å². The van der Waals surface area contributed by atoms with Gasteiger partial charge in [0.15, 0.2) is 0 Å². The van der Waals surface area contributed by atoms with Gasteiger partial charge in [-0.05, 0) is 169 Å². The molecule has 0 radical (unpaired) electrons. The molecule has 4 aliphatic rings. The monoisotopic (exact) mass is 817 g/mol. The van der Waals surface area contributed by atoms with Gasteiger partial charge in [-0.1, -0.05) is 115 Å². The van der Waals surface area contributed by atoms with E-state index in [2.05, 4.69) is 89.4 Å². The van der Waals surface area contributed by atoms with Crippen LogP contribution in [0.3, 0.4) is 0 Å². The van der Waals surface area contributed by atoms with Crippen LogP contribution in [0.5, 0.6) is 0 Å². The highest BCUT2D eigenvalue weighted by atomic mass is 33.1. The van der Waals surface area contributed by atoms with Crippen molar-refractivity contribution in [3.8, 4) is 0 Å². The number of hydrogen-bond acceptors (Lipinski definition) is 6. The summed E-state index contributed by atoms with van der Waals surface area (Å²) in [5.74, 6) is 6.66. The van der Waals surface area contributed by atoms with Gasteiger partial charge in [0.1, 0.15) is 0 Å². The lowest BCUT2D eigenvalue weighted by Crippen LogP contribution is -2.50. The van der Waals surface area contributed by atoms with E-state index in [1.165, 1.54) is 77.0 Å². The summed E-state index contributed by atoms with van der Waals surface area (Å²) in [7, 11) is 4.05. The molecule has 0 aliphatic heterocycles. The van der Waals surface area contributed by atoms with E-state index in [-0.39, 0.29) is 11.1 Å². The second-order valence-electron chi connectivity index (χ2n) is 20.4. The predicted molar refractivity (Wildman–Crippen MR) is 249 cm³/mol. The van der Waals surface area contributed by atoms with Gasteiger partial charge in [-0.2, -0.15) is 0 Å². The third-order valence-corrected chi connectivity index (χ3v) is 20.2. The lowest BCUT2D eigenvalue weighted by molar-refractivity contribution is -0.131. The minimum Gasteiger partial charge on any atom is -0.343 e. The average molecular weight is 817 g/mol. The maximum absolute atomic E-state index is 13.7. The molecule has 0 aromatic heterocycles. The molecule has 8 unspecified atom stereocenters. The summed E-state index contributed by atoms with van der Waals surface area (Å²) < 4.78 is 0. The highest BCUT2D eigenvalue weighted by molar-refractivity contribution is 8.76. The Bertz CT molecular complexity index is 1200. The number of allylic oxidation sites excluding steroid dienone is 2. The van der Waals surface area contributed by atoms with Crippen LogP contribution >= 0.6 is 21.6 Å². The molecule has 0 bridgehead atoms. The number of carbonyl (C=O) groups excluding carboxylic acids is 1. The third kappa shape index (κ3) is 12.4.